The molecule has 1 aliphatic rings. The van der Waals surface area contributed by atoms with Crippen LogP contribution in [0, 0.1) is 11.3 Å². The number of nitrogens with zero attached hydrogens (tertiary/aromatic N) is 1. The predicted octanol–water partition coefficient (Wildman–Crippen LogP) is 0.458. The maximum Gasteiger partial charge on any atom is 0.158 e. The lowest BCUT2D eigenvalue weighted by atomic mass is 9.96. The summed E-state index contributed by atoms with van der Waals surface area (Å²) in [5, 5.41) is 17.5. The summed E-state index contributed by atoms with van der Waals surface area (Å²) in [7, 11) is 0. The highest BCUT2D eigenvalue weighted by molar-refractivity contribution is 5.03. The zero-order valence-electron chi connectivity index (χ0n) is 7.66. The van der Waals surface area contributed by atoms with Gasteiger partial charge in [0.1, 0.15) is 0 Å². The van der Waals surface area contributed by atoms with Gasteiger partial charge in [0.15, 0.2) is 5.60 Å². The van der Waals surface area contributed by atoms with Crippen molar-refractivity contribution in [3.05, 3.63) is 0 Å². The van der Waals surface area contributed by atoms with Gasteiger partial charge in [-0.05, 0) is 6.42 Å². The van der Waals surface area contributed by atoms with Crippen LogP contribution in [-0.2, 0) is 9.47 Å². The normalized spacial score (nSPS) is 20.9. The van der Waals surface area contributed by atoms with Crippen molar-refractivity contribution >= 4 is 0 Å². The highest BCUT2D eigenvalue weighted by Gasteiger charge is 2.33. The summed E-state index contributed by atoms with van der Waals surface area (Å²) >= 11 is 0. The van der Waals surface area contributed by atoms with Gasteiger partial charge in [-0.15, -0.1) is 0 Å². The summed E-state index contributed by atoms with van der Waals surface area (Å²) < 4.78 is 10.6. The maximum atomic E-state index is 8.95. The highest BCUT2D eigenvalue weighted by Crippen LogP contribution is 2.24. The van der Waals surface area contributed by atoms with Crippen LogP contribution in [0.25, 0.3) is 0 Å². The lowest BCUT2D eigenvalue weighted by Crippen LogP contribution is -2.38. The van der Waals surface area contributed by atoms with Crippen LogP contribution in [0.15, 0.2) is 0 Å². The fraction of sp³-hybridized carbons (Fsp3) is 0.889. The topological polar surface area (TPSA) is 62.5 Å². The Morgan fingerprint density at radius 2 is 2.15 bits per heavy atom. The number of aliphatic hydroxyl groups is 1. The summed E-state index contributed by atoms with van der Waals surface area (Å²) in [6.07, 6.45) is 1.86. The average molecular weight is 185 g/mol. The minimum atomic E-state index is -0.659. The molecule has 0 aromatic heterocycles. The van der Waals surface area contributed by atoms with Gasteiger partial charge in [-0.3, -0.25) is 0 Å². The van der Waals surface area contributed by atoms with Crippen molar-refractivity contribution in [2.75, 3.05) is 26.4 Å². The van der Waals surface area contributed by atoms with Crippen LogP contribution in [0.4, 0.5) is 0 Å². The standard InChI is InChI=1S/C9H15NO3/c10-8-9(13-5-1-4-11)2-6-12-7-3-9/h11H,1-7H2. The molecule has 0 aliphatic carbocycles. The molecule has 0 aromatic carbocycles. The molecule has 4 heteroatoms. The van der Waals surface area contributed by atoms with Gasteiger partial charge in [0.25, 0.3) is 0 Å². The molecule has 0 spiro atoms. The predicted molar refractivity (Wildman–Crippen MR) is 46.1 cm³/mol. The Balaban J connectivity index is 2.35. The molecular formula is C9H15NO3. The van der Waals surface area contributed by atoms with Gasteiger partial charge in [-0.25, -0.2) is 0 Å². The van der Waals surface area contributed by atoms with E-state index in [1.54, 1.807) is 0 Å². The summed E-state index contributed by atoms with van der Waals surface area (Å²) in [5.41, 5.74) is -0.659. The Kier molecular flexibility index (Phi) is 4.16. The fourth-order valence-electron chi connectivity index (χ4n) is 1.32. The van der Waals surface area contributed by atoms with E-state index < -0.39 is 5.60 Å². The minimum Gasteiger partial charge on any atom is -0.396 e. The summed E-state index contributed by atoms with van der Waals surface area (Å²) in [5.74, 6) is 0. The second kappa shape index (κ2) is 5.18. The van der Waals surface area contributed by atoms with Crippen molar-refractivity contribution in [3.63, 3.8) is 0 Å². The third-order valence-corrected chi connectivity index (χ3v) is 2.19. The molecule has 0 aromatic rings. The first-order chi connectivity index (χ1) is 6.33. The molecule has 1 N–H and O–H groups in total. The molecule has 0 amide bonds. The van der Waals surface area contributed by atoms with Crippen LogP contribution in [0.1, 0.15) is 19.3 Å². The van der Waals surface area contributed by atoms with Gasteiger partial charge < -0.3 is 14.6 Å². The van der Waals surface area contributed by atoms with Crippen molar-refractivity contribution in [2.45, 2.75) is 24.9 Å². The Morgan fingerprint density at radius 3 is 2.69 bits per heavy atom. The molecule has 1 heterocycles. The van der Waals surface area contributed by atoms with Crippen LogP contribution < -0.4 is 0 Å². The molecule has 1 rings (SSSR count). The minimum absolute atomic E-state index is 0.109. The summed E-state index contributed by atoms with van der Waals surface area (Å²) in [6, 6.07) is 2.19. The molecule has 1 saturated heterocycles. The molecule has 0 bridgehead atoms. The van der Waals surface area contributed by atoms with E-state index >= 15 is 0 Å². The number of hydrogen-bond donors (Lipinski definition) is 1. The van der Waals surface area contributed by atoms with Gasteiger partial charge in [0, 0.05) is 19.4 Å². The summed E-state index contributed by atoms with van der Waals surface area (Å²) in [4.78, 5) is 0. The molecular weight excluding hydrogens is 170 g/mol. The van der Waals surface area contributed by atoms with Gasteiger partial charge in [0.05, 0.1) is 25.9 Å². The molecule has 1 fully saturated rings. The lowest BCUT2D eigenvalue weighted by Gasteiger charge is -2.30. The molecule has 0 saturated carbocycles. The van der Waals surface area contributed by atoms with Crippen molar-refractivity contribution in [3.8, 4) is 6.07 Å². The van der Waals surface area contributed by atoms with Crippen molar-refractivity contribution in [1.82, 2.24) is 0 Å². The number of nitriles is 1. The molecule has 1 aliphatic heterocycles. The maximum absolute atomic E-state index is 8.95. The molecule has 4 nitrogen and oxygen atoms in total. The first-order valence-corrected chi connectivity index (χ1v) is 4.57. The second-order valence-electron chi connectivity index (χ2n) is 3.14. The Labute approximate surface area is 78.1 Å². The lowest BCUT2D eigenvalue weighted by molar-refractivity contribution is -0.0781. The van der Waals surface area contributed by atoms with E-state index in [0.29, 0.717) is 39.1 Å². The number of aliphatic hydroxyl groups excluding tert-OH is 1. The monoisotopic (exact) mass is 185 g/mol. The summed E-state index contributed by atoms with van der Waals surface area (Å²) in [6.45, 7) is 1.74. The van der Waals surface area contributed by atoms with E-state index in [1.807, 2.05) is 0 Å². The van der Waals surface area contributed by atoms with Crippen molar-refractivity contribution in [2.24, 2.45) is 0 Å². The SMILES string of the molecule is N#CC1(OCCCO)CCOCC1. The van der Waals surface area contributed by atoms with Gasteiger partial charge in [-0.1, -0.05) is 0 Å². The fourth-order valence-corrected chi connectivity index (χ4v) is 1.32. The van der Waals surface area contributed by atoms with Crippen molar-refractivity contribution < 1.29 is 14.6 Å². The van der Waals surface area contributed by atoms with E-state index in [9.17, 15) is 0 Å². The molecule has 0 radical (unpaired) electrons. The third kappa shape index (κ3) is 2.96. The zero-order valence-corrected chi connectivity index (χ0v) is 7.66. The Morgan fingerprint density at radius 1 is 1.46 bits per heavy atom. The van der Waals surface area contributed by atoms with E-state index in [1.165, 1.54) is 0 Å². The van der Waals surface area contributed by atoms with Crippen LogP contribution in [0.3, 0.4) is 0 Å². The molecule has 0 atom stereocenters. The smallest absolute Gasteiger partial charge is 0.158 e. The zero-order chi connectivity index (χ0) is 9.57. The van der Waals surface area contributed by atoms with Crippen LogP contribution in [0.2, 0.25) is 0 Å². The number of ether oxygens (including phenoxy) is 2. The number of hydrogen-bond acceptors (Lipinski definition) is 4. The van der Waals surface area contributed by atoms with Crippen LogP contribution in [-0.4, -0.2) is 37.1 Å². The largest absolute Gasteiger partial charge is 0.396 e. The molecule has 13 heavy (non-hydrogen) atoms. The average Bonchev–Trinajstić information content (AvgIpc) is 2.20. The van der Waals surface area contributed by atoms with E-state index in [2.05, 4.69) is 6.07 Å². The van der Waals surface area contributed by atoms with Gasteiger partial charge >= 0.3 is 0 Å². The van der Waals surface area contributed by atoms with Gasteiger partial charge in [0.2, 0.25) is 0 Å². The van der Waals surface area contributed by atoms with Crippen molar-refractivity contribution in [1.29, 1.82) is 5.26 Å². The van der Waals surface area contributed by atoms with E-state index in [4.69, 9.17) is 19.8 Å². The van der Waals surface area contributed by atoms with Crippen LogP contribution >= 0.6 is 0 Å². The quantitative estimate of drug-likeness (QED) is 0.646. The van der Waals surface area contributed by atoms with Gasteiger partial charge in [-0.2, -0.15) is 5.26 Å². The first-order valence-electron chi connectivity index (χ1n) is 4.57. The molecule has 0 unspecified atom stereocenters. The highest BCUT2D eigenvalue weighted by atomic mass is 16.5. The third-order valence-electron chi connectivity index (χ3n) is 2.19. The Bertz CT molecular complexity index is 182. The number of rotatable bonds is 4. The van der Waals surface area contributed by atoms with E-state index in [0.717, 1.165) is 0 Å². The van der Waals surface area contributed by atoms with E-state index in [-0.39, 0.29) is 6.61 Å². The first kappa shape index (κ1) is 10.5. The van der Waals surface area contributed by atoms with Crippen LogP contribution in [0.5, 0.6) is 0 Å². The second-order valence-corrected chi connectivity index (χ2v) is 3.14. The molecule has 74 valence electrons. The Hall–Kier alpha value is -0.630.